The number of carbonyl (C=O) groups excluding carboxylic acids is 1. The molecule has 0 aliphatic rings. The van der Waals surface area contributed by atoms with E-state index in [0.717, 1.165) is 5.56 Å². The summed E-state index contributed by atoms with van der Waals surface area (Å²) >= 11 is 5.85. The maximum atomic E-state index is 11.2. The summed E-state index contributed by atoms with van der Waals surface area (Å²) in [6.07, 6.45) is 0.581. The Balaban J connectivity index is 2.76. The third-order valence-electron chi connectivity index (χ3n) is 2.13. The standard InChI is InChI=1S/C11H14ClNO2/c1-7(11(14)15-2)3-8-4-9(12)6-10(13)5-8/h4-7H,3,13H2,1-2H3. The molecule has 1 unspecified atom stereocenters. The molecule has 0 bridgehead atoms. The fraction of sp³-hybridized carbons (Fsp3) is 0.364. The quantitative estimate of drug-likeness (QED) is 0.637. The number of nitrogens with two attached hydrogens (primary N) is 1. The van der Waals surface area contributed by atoms with E-state index < -0.39 is 0 Å². The van der Waals surface area contributed by atoms with Crippen molar-refractivity contribution in [3.05, 3.63) is 28.8 Å². The SMILES string of the molecule is COC(=O)C(C)Cc1cc(N)cc(Cl)c1. The Morgan fingerprint density at radius 1 is 1.53 bits per heavy atom. The Morgan fingerprint density at radius 3 is 2.73 bits per heavy atom. The van der Waals surface area contributed by atoms with E-state index in [4.69, 9.17) is 17.3 Å². The summed E-state index contributed by atoms with van der Waals surface area (Å²) in [6, 6.07) is 5.29. The maximum Gasteiger partial charge on any atom is 0.308 e. The van der Waals surface area contributed by atoms with Gasteiger partial charge in [0.25, 0.3) is 0 Å². The second-order valence-corrected chi connectivity index (χ2v) is 3.96. The molecule has 15 heavy (non-hydrogen) atoms. The number of benzene rings is 1. The number of esters is 1. The predicted molar refractivity (Wildman–Crippen MR) is 60.7 cm³/mol. The van der Waals surface area contributed by atoms with Crippen molar-refractivity contribution >= 4 is 23.3 Å². The topological polar surface area (TPSA) is 52.3 Å². The molecule has 1 aromatic rings. The highest BCUT2D eigenvalue weighted by Gasteiger charge is 2.13. The lowest BCUT2D eigenvalue weighted by molar-refractivity contribution is -0.144. The summed E-state index contributed by atoms with van der Waals surface area (Å²) < 4.78 is 4.64. The molecule has 0 saturated heterocycles. The van der Waals surface area contributed by atoms with Gasteiger partial charge in [0.1, 0.15) is 0 Å². The normalized spacial score (nSPS) is 12.2. The molecule has 1 aromatic carbocycles. The van der Waals surface area contributed by atoms with Crippen molar-refractivity contribution in [2.75, 3.05) is 12.8 Å². The van der Waals surface area contributed by atoms with Crippen LogP contribution in [0.3, 0.4) is 0 Å². The van der Waals surface area contributed by atoms with E-state index in [9.17, 15) is 4.79 Å². The summed E-state index contributed by atoms with van der Waals surface area (Å²) in [6.45, 7) is 1.81. The van der Waals surface area contributed by atoms with Crippen LogP contribution in [-0.2, 0) is 16.0 Å². The van der Waals surface area contributed by atoms with E-state index in [1.165, 1.54) is 7.11 Å². The highest BCUT2D eigenvalue weighted by Crippen LogP contribution is 2.19. The molecule has 1 atom stereocenters. The summed E-state index contributed by atoms with van der Waals surface area (Å²) in [7, 11) is 1.38. The molecule has 82 valence electrons. The van der Waals surface area contributed by atoms with Crippen molar-refractivity contribution in [3.63, 3.8) is 0 Å². The summed E-state index contributed by atoms with van der Waals surface area (Å²) in [5.74, 6) is -0.415. The molecule has 3 nitrogen and oxygen atoms in total. The van der Waals surface area contributed by atoms with E-state index in [-0.39, 0.29) is 11.9 Å². The van der Waals surface area contributed by atoms with Crippen LogP contribution in [0.2, 0.25) is 5.02 Å². The number of anilines is 1. The molecule has 0 amide bonds. The van der Waals surface area contributed by atoms with Crippen molar-refractivity contribution in [2.45, 2.75) is 13.3 Å². The fourth-order valence-electron chi connectivity index (χ4n) is 1.43. The first kappa shape index (κ1) is 11.9. The molecule has 2 N–H and O–H groups in total. The van der Waals surface area contributed by atoms with Crippen LogP contribution in [-0.4, -0.2) is 13.1 Å². The Kier molecular flexibility index (Phi) is 3.97. The lowest BCUT2D eigenvalue weighted by Crippen LogP contribution is -2.15. The van der Waals surface area contributed by atoms with Gasteiger partial charge in [-0.1, -0.05) is 18.5 Å². The Labute approximate surface area is 94.2 Å². The van der Waals surface area contributed by atoms with Gasteiger partial charge in [0, 0.05) is 10.7 Å². The molecule has 1 rings (SSSR count). The Hall–Kier alpha value is -1.22. The highest BCUT2D eigenvalue weighted by molar-refractivity contribution is 6.30. The number of carbonyl (C=O) groups is 1. The molecule has 0 aromatic heterocycles. The summed E-state index contributed by atoms with van der Waals surface area (Å²) in [5, 5.41) is 0.585. The van der Waals surface area contributed by atoms with E-state index >= 15 is 0 Å². The maximum absolute atomic E-state index is 11.2. The molecule has 0 fully saturated rings. The van der Waals surface area contributed by atoms with Crippen LogP contribution in [0.4, 0.5) is 5.69 Å². The van der Waals surface area contributed by atoms with Crippen LogP contribution in [0.25, 0.3) is 0 Å². The average molecular weight is 228 g/mol. The number of nitrogen functional groups attached to an aromatic ring is 1. The van der Waals surface area contributed by atoms with Gasteiger partial charge in [-0.2, -0.15) is 0 Å². The second-order valence-electron chi connectivity index (χ2n) is 3.52. The minimum Gasteiger partial charge on any atom is -0.469 e. The fourth-order valence-corrected chi connectivity index (χ4v) is 1.70. The molecule has 4 heteroatoms. The molecular formula is C11H14ClNO2. The smallest absolute Gasteiger partial charge is 0.308 e. The first-order valence-corrected chi connectivity index (χ1v) is 5.03. The molecule has 0 saturated carbocycles. The van der Waals surface area contributed by atoms with Gasteiger partial charge in [0.05, 0.1) is 13.0 Å². The van der Waals surface area contributed by atoms with Crippen LogP contribution in [0, 0.1) is 5.92 Å². The number of hydrogen-bond acceptors (Lipinski definition) is 3. The van der Waals surface area contributed by atoms with Crippen molar-refractivity contribution in [3.8, 4) is 0 Å². The predicted octanol–water partition coefficient (Wildman–Crippen LogP) is 2.27. The minimum atomic E-state index is -0.228. The number of rotatable bonds is 3. The zero-order valence-electron chi connectivity index (χ0n) is 8.79. The third kappa shape index (κ3) is 3.44. The number of hydrogen-bond donors (Lipinski definition) is 1. The van der Waals surface area contributed by atoms with Crippen molar-refractivity contribution < 1.29 is 9.53 Å². The van der Waals surface area contributed by atoms with E-state index in [0.29, 0.717) is 17.1 Å². The van der Waals surface area contributed by atoms with E-state index in [1.807, 2.05) is 13.0 Å². The summed E-state index contributed by atoms with van der Waals surface area (Å²) in [5.41, 5.74) is 7.19. The van der Waals surface area contributed by atoms with E-state index in [2.05, 4.69) is 4.74 Å². The van der Waals surface area contributed by atoms with Gasteiger partial charge in [0.2, 0.25) is 0 Å². The van der Waals surface area contributed by atoms with Crippen molar-refractivity contribution in [1.82, 2.24) is 0 Å². The van der Waals surface area contributed by atoms with Crippen molar-refractivity contribution in [1.29, 1.82) is 0 Å². The molecular weight excluding hydrogens is 214 g/mol. The Morgan fingerprint density at radius 2 is 2.20 bits per heavy atom. The number of halogens is 1. The van der Waals surface area contributed by atoms with Crippen LogP contribution in [0.1, 0.15) is 12.5 Å². The first-order chi connectivity index (χ1) is 7.02. The van der Waals surface area contributed by atoms with Crippen LogP contribution < -0.4 is 5.73 Å². The van der Waals surface area contributed by atoms with Gasteiger partial charge in [0.15, 0.2) is 0 Å². The highest BCUT2D eigenvalue weighted by atomic mass is 35.5. The zero-order chi connectivity index (χ0) is 11.4. The second kappa shape index (κ2) is 5.03. The number of ether oxygens (including phenoxy) is 1. The van der Waals surface area contributed by atoms with E-state index in [1.54, 1.807) is 12.1 Å². The van der Waals surface area contributed by atoms with Crippen LogP contribution in [0.5, 0.6) is 0 Å². The van der Waals surface area contributed by atoms with Gasteiger partial charge in [-0.25, -0.2) is 0 Å². The lowest BCUT2D eigenvalue weighted by atomic mass is 10.0. The molecule has 0 radical (unpaired) electrons. The van der Waals surface area contributed by atoms with Gasteiger partial charge >= 0.3 is 5.97 Å². The van der Waals surface area contributed by atoms with Gasteiger partial charge in [-0.15, -0.1) is 0 Å². The lowest BCUT2D eigenvalue weighted by Gasteiger charge is -2.09. The third-order valence-corrected chi connectivity index (χ3v) is 2.34. The first-order valence-electron chi connectivity index (χ1n) is 4.65. The zero-order valence-corrected chi connectivity index (χ0v) is 9.54. The monoisotopic (exact) mass is 227 g/mol. The van der Waals surface area contributed by atoms with Gasteiger partial charge < -0.3 is 10.5 Å². The molecule has 0 aliphatic heterocycles. The van der Waals surface area contributed by atoms with Crippen LogP contribution >= 0.6 is 11.6 Å². The number of methoxy groups -OCH3 is 1. The molecule has 0 spiro atoms. The summed E-state index contributed by atoms with van der Waals surface area (Å²) in [4.78, 5) is 11.2. The van der Waals surface area contributed by atoms with Gasteiger partial charge in [-0.05, 0) is 30.2 Å². The van der Waals surface area contributed by atoms with Crippen LogP contribution in [0.15, 0.2) is 18.2 Å². The molecule has 0 heterocycles. The molecule has 0 aliphatic carbocycles. The average Bonchev–Trinajstić information content (AvgIpc) is 2.14. The van der Waals surface area contributed by atoms with Gasteiger partial charge in [-0.3, -0.25) is 4.79 Å². The Bertz CT molecular complexity index is 345. The van der Waals surface area contributed by atoms with Crippen molar-refractivity contribution in [2.24, 2.45) is 5.92 Å². The minimum absolute atomic E-state index is 0.187. The largest absolute Gasteiger partial charge is 0.469 e.